The first-order valence-electron chi connectivity index (χ1n) is 6.73. The van der Waals surface area contributed by atoms with Crippen LogP contribution in [0.3, 0.4) is 0 Å². The maximum Gasteiger partial charge on any atom is 0.251 e. The van der Waals surface area contributed by atoms with E-state index in [2.05, 4.69) is 22.8 Å². The zero-order chi connectivity index (χ0) is 14.7. The third-order valence-electron chi connectivity index (χ3n) is 3.33. The molecule has 2 nitrogen and oxygen atoms in total. The van der Waals surface area contributed by atoms with Crippen molar-refractivity contribution in [3.05, 3.63) is 70.1 Å². The monoisotopic (exact) mass is 315 g/mol. The molecule has 0 saturated heterocycles. The fourth-order valence-electron chi connectivity index (χ4n) is 2.27. The smallest absolute Gasteiger partial charge is 0.251 e. The van der Waals surface area contributed by atoms with Gasteiger partial charge >= 0.3 is 0 Å². The number of carbonyl (C=O) groups excluding carboxylic acids is 1. The fourth-order valence-corrected chi connectivity index (χ4v) is 3.46. The molecule has 0 aliphatic heterocycles. The van der Waals surface area contributed by atoms with Crippen molar-refractivity contribution >= 4 is 38.9 Å². The van der Waals surface area contributed by atoms with E-state index in [-0.39, 0.29) is 5.91 Å². The van der Waals surface area contributed by atoms with Gasteiger partial charge in [0.1, 0.15) is 0 Å². The van der Waals surface area contributed by atoms with Gasteiger partial charge in [0.15, 0.2) is 0 Å². The zero-order valence-corrected chi connectivity index (χ0v) is 12.9. The predicted octanol–water partition coefficient (Wildman–Crippen LogP) is 4.53. The Bertz CT molecular complexity index is 781. The van der Waals surface area contributed by atoms with E-state index >= 15 is 0 Å². The molecule has 3 rings (SSSR count). The largest absolute Gasteiger partial charge is 0.352 e. The van der Waals surface area contributed by atoms with Gasteiger partial charge in [0, 0.05) is 21.8 Å². The molecule has 1 amide bonds. The lowest BCUT2D eigenvalue weighted by molar-refractivity contribution is 0.0954. The maximum absolute atomic E-state index is 12.0. The molecule has 0 radical (unpaired) electrons. The summed E-state index contributed by atoms with van der Waals surface area (Å²) in [6, 6.07) is 15.3. The quantitative estimate of drug-likeness (QED) is 0.753. The van der Waals surface area contributed by atoms with Gasteiger partial charge in [-0.2, -0.15) is 0 Å². The van der Waals surface area contributed by atoms with Crippen LogP contribution in [0.5, 0.6) is 0 Å². The highest BCUT2D eigenvalue weighted by molar-refractivity contribution is 7.17. The molecule has 0 fully saturated rings. The van der Waals surface area contributed by atoms with E-state index in [0.29, 0.717) is 17.1 Å². The molecule has 0 unspecified atom stereocenters. The number of fused-ring (bicyclic) bond motifs is 1. The van der Waals surface area contributed by atoms with Gasteiger partial charge < -0.3 is 5.32 Å². The lowest BCUT2D eigenvalue weighted by Crippen LogP contribution is -2.25. The van der Waals surface area contributed by atoms with Crippen molar-refractivity contribution in [2.75, 3.05) is 6.54 Å². The minimum Gasteiger partial charge on any atom is -0.352 e. The van der Waals surface area contributed by atoms with Crippen molar-refractivity contribution in [2.45, 2.75) is 6.42 Å². The van der Waals surface area contributed by atoms with Crippen molar-refractivity contribution in [3.63, 3.8) is 0 Å². The summed E-state index contributed by atoms with van der Waals surface area (Å²) in [5.74, 6) is -0.0861. The van der Waals surface area contributed by atoms with E-state index in [1.165, 1.54) is 15.6 Å². The standard InChI is InChI=1S/C17H14ClNOS/c18-14-5-3-4-12(10-14)17(20)19-9-8-13-11-21-16-7-2-1-6-15(13)16/h1-7,10-11H,8-9H2,(H,19,20). The second-order valence-corrected chi connectivity index (χ2v) is 6.12. The number of thiophene rings is 1. The van der Waals surface area contributed by atoms with Gasteiger partial charge in [0.25, 0.3) is 5.91 Å². The topological polar surface area (TPSA) is 29.1 Å². The SMILES string of the molecule is O=C(NCCc1csc2ccccc12)c1cccc(Cl)c1. The van der Waals surface area contributed by atoms with Gasteiger partial charge in [-0.1, -0.05) is 35.9 Å². The van der Waals surface area contributed by atoms with Crippen molar-refractivity contribution in [2.24, 2.45) is 0 Å². The second kappa shape index (κ2) is 6.29. The third-order valence-corrected chi connectivity index (χ3v) is 4.58. The Hall–Kier alpha value is -1.84. The summed E-state index contributed by atoms with van der Waals surface area (Å²) in [5.41, 5.74) is 1.87. The lowest BCUT2D eigenvalue weighted by Gasteiger charge is -2.05. The number of nitrogens with one attached hydrogen (secondary N) is 1. The summed E-state index contributed by atoms with van der Waals surface area (Å²) in [6.45, 7) is 0.617. The molecule has 1 heterocycles. The van der Waals surface area contributed by atoms with Crippen LogP contribution in [0.25, 0.3) is 10.1 Å². The van der Waals surface area contributed by atoms with Crippen LogP contribution in [0.4, 0.5) is 0 Å². The van der Waals surface area contributed by atoms with Gasteiger partial charge in [0.05, 0.1) is 0 Å². The van der Waals surface area contributed by atoms with E-state index in [1.807, 2.05) is 12.1 Å². The molecular weight excluding hydrogens is 302 g/mol. The molecule has 0 spiro atoms. The molecule has 4 heteroatoms. The fraction of sp³-hybridized carbons (Fsp3) is 0.118. The maximum atomic E-state index is 12.0. The summed E-state index contributed by atoms with van der Waals surface area (Å²) < 4.78 is 1.29. The first-order valence-corrected chi connectivity index (χ1v) is 7.99. The van der Waals surface area contributed by atoms with E-state index < -0.39 is 0 Å². The van der Waals surface area contributed by atoms with Crippen LogP contribution in [0.2, 0.25) is 5.02 Å². The van der Waals surface area contributed by atoms with Gasteiger partial charge in [-0.25, -0.2) is 0 Å². The molecule has 21 heavy (non-hydrogen) atoms. The summed E-state index contributed by atoms with van der Waals surface area (Å²) >= 11 is 7.63. The number of halogens is 1. The van der Waals surface area contributed by atoms with Gasteiger partial charge in [-0.05, 0) is 47.0 Å². The Labute approximate surface area is 132 Å². The van der Waals surface area contributed by atoms with Crippen LogP contribution in [0, 0.1) is 0 Å². The minimum atomic E-state index is -0.0861. The Morgan fingerprint density at radius 2 is 2.00 bits per heavy atom. The predicted molar refractivity (Wildman–Crippen MR) is 89.3 cm³/mol. The first kappa shape index (κ1) is 14.1. The molecule has 0 aliphatic rings. The number of carbonyl (C=O) groups is 1. The third kappa shape index (κ3) is 3.26. The molecule has 1 N–H and O–H groups in total. The van der Waals surface area contributed by atoms with Crippen molar-refractivity contribution in [3.8, 4) is 0 Å². The van der Waals surface area contributed by atoms with Crippen molar-refractivity contribution in [1.29, 1.82) is 0 Å². The normalized spacial score (nSPS) is 10.7. The highest BCUT2D eigenvalue weighted by Gasteiger charge is 2.07. The van der Waals surface area contributed by atoms with Crippen LogP contribution in [-0.2, 0) is 6.42 Å². The van der Waals surface area contributed by atoms with Crippen molar-refractivity contribution < 1.29 is 4.79 Å². The molecule has 3 aromatic rings. The average Bonchev–Trinajstić information content (AvgIpc) is 2.91. The van der Waals surface area contributed by atoms with Crippen LogP contribution in [0.15, 0.2) is 53.9 Å². The molecule has 0 bridgehead atoms. The van der Waals surface area contributed by atoms with E-state index in [0.717, 1.165) is 6.42 Å². The summed E-state index contributed by atoms with van der Waals surface area (Å²) in [6.07, 6.45) is 0.830. The highest BCUT2D eigenvalue weighted by atomic mass is 35.5. The first-order chi connectivity index (χ1) is 10.2. The highest BCUT2D eigenvalue weighted by Crippen LogP contribution is 2.25. The number of amides is 1. The van der Waals surface area contributed by atoms with Crippen LogP contribution in [0.1, 0.15) is 15.9 Å². The molecule has 2 aromatic carbocycles. The molecule has 0 saturated carbocycles. The Balaban J connectivity index is 1.62. The van der Waals surface area contributed by atoms with E-state index in [4.69, 9.17) is 11.6 Å². The van der Waals surface area contributed by atoms with Crippen molar-refractivity contribution in [1.82, 2.24) is 5.32 Å². The number of rotatable bonds is 4. The summed E-state index contributed by atoms with van der Waals surface area (Å²) in [7, 11) is 0. The number of hydrogen-bond donors (Lipinski definition) is 1. The zero-order valence-electron chi connectivity index (χ0n) is 11.3. The van der Waals surface area contributed by atoms with Crippen LogP contribution < -0.4 is 5.32 Å². The van der Waals surface area contributed by atoms with E-state index in [1.54, 1.807) is 35.6 Å². The van der Waals surface area contributed by atoms with Crippen LogP contribution >= 0.6 is 22.9 Å². The second-order valence-electron chi connectivity index (χ2n) is 4.77. The lowest BCUT2D eigenvalue weighted by atomic mass is 10.1. The Kier molecular flexibility index (Phi) is 4.23. The number of hydrogen-bond acceptors (Lipinski definition) is 2. The number of benzene rings is 2. The summed E-state index contributed by atoms with van der Waals surface area (Å²) in [4.78, 5) is 12.0. The van der Waals surface area contributed by atoms with Gasteiger partial charge in [-0.15, -0.1) is 11.3 Å². The Morgan fingerprint density at radius 1 is 1.14 bits per heavy atom. The summed E-state index contributed by atoms with van der Waals surface area (Å²) in [5, 5.41) is 6.95. The molecule has 106 valence electrons. The van der Waals surface area contributed by atoms with Crippen LogP contribution in [-0.4, -0.2) is 12.5 Å². The molecule has 1 aromatic heterocycles. The minimum absolute atomic E-state index is 0.0861. The average molecular weight is 316 g/mol. The molecule has 0 atom stereocenters. The van der Waals surface area contributed by atoms with E-state index in [9.17, 15) is 4.79 Å². The van der Waals surface area contributed by atoms with Gasteiger partial charge in [0.2, 0.25) is 0 Å². The Morgan fingerprint density at radius 3 is 2.86 bits per heavy atom. The molecule has 0 aliphatic carbocycles. The molecular formula is C17H14ClNOS. The van der Waals surface area contributed by atoms with Gasteiger partial charge in [-0.3, -0.25) is 4.79 Å².